The number of halogens is 1. The Balaban J connectivity index is 1.43. The lowest BCUT2D eigenvalue weighted by atomic mass is 10.0. The number of thiophene rings is 1. The van der Waals surface area contributed by atoms with Crippen molar-refractivity contribution < 1.29 is 9.53 Å². The minimum absolute atomic E-state index is 0.150. The van der Waals surface area contributed by atoms with Gasteiger partial charge in [-0.05, 0) is 47.0 Å². The van der Waals surface area contributed by atoms with Crippen molar-refractivity contribution in [1.29, 1.82) is 0 Å². The molecule has 7 heteroatoms. The molecular weight excluding hydrogens is 370 g/mol. The Kier molecular flexibility index (Phi) is 4.61. The number of nitrogens with one attached hydrogen (secondary N) is 1. The molecule has 1 aliphatic rings. The van der Waals surface area contributed by atoms with Crippen LogP contribution in [0.15, 0.2) is 41.4 Å². The quantitative estimate of drug-likeness (QED) is 0.739. The van der Waals surface area contributed by atoms with Crippen molar-refractivity contribution in [3.05, 3.63) is 63.3 Å². The van der Waals surface area contributed by atoms with E-state index in [1.165, 1.54) is 6.20 Å². The molecule has 5 nitrogen and oxygen atoms in total. The maximum Gasteiger partial charge on any atom is 0.271 e. The molecule has 0 radical (unpaired) electrons. The highest BCUT2D eigenvalue weighted by molar-refractivity contribution is 7.08. The van der Waals surface area contributed by atoms with Gasteiger partial charge in [0.1, 0.15) is 17.5 Å². The Bertz CT molecular complexity index is 942. The summed E-state index contributed by atoms with van der Waals surface area (Å²) in [6.45, 7) is 2.21. The molecule has 0 saturated heterocycles. The van der Waals surface area contributed by atoms with Gasteiger partial charge in [0, 0.05) is 18.2 Å². The van der Waals surface area contributed by atoms with Gasteiger partial charge in [0.15, 0.2) is 0 Å². The molecule has 1 atom stereocenters. The first kappa shape index (κ1) is 17.0. The second-order valence-electron chi connectivity index (χ2n) is 6.16. The molecule has 3 aromatic rings. The number of nitrogens with zero attached hydrogens (tertiary/aromatic N) is 2. The van der Waals surface area contributed by atoms with E-state index in [0.717, 1.165) is 22.4 Å². The first-order chi connectivity index (χ1) is 12.6. The van der Waals surface area contributed by atoms with E-state index in [1.807, 2.05) is 18.4 Å². The number of amides is 1. The number of aryl methyl sites for hydroxylation is 1. The van der Waals surface area contributed by atoms with Crippen molar-refractivity contribution in [3.63, 3.8) is 0 Å². The zero-order valence-electron chi connectivity index (χ0n) is 14.0. The molecule has 1 amide bonds. The highest BCUT2D eigenvalue weighted by atomic mass is 35.5. The van der Waals surface area contributed by atoms with Crippen molar-refractivity contribution in [3.8, 4) is 16.9 Å². The van der Waals surface area contributed by atoms with Gasteiger partial charge in [-0.1, -0.05) is 11.6 Å². The van der Waals surface area contributed by atoms with E-state index < -0.39 is 0 Å². The molecule has 1 aromatic carbocycles. The van der Waals surface area contributed by atoms with E-state index in [4.69, 9.17) is 16.3 Å². The molecular formula is C19H16ClN3O2S. The molecule has 1 aliphatic heterocycles. The van der Waals surface area contributed by atoms with Crippen molar-refractivity contribution in [2.45, 2.75) is 19.4 Å². The molecule has 132 valence electrons. The zero-order chi connectivity index (χ0) is 18.1. The van der Waals surface area contributed by atoms with Crippen LogP contribution in [0.5, 0.6) is 5.75 Å². The minimum atomic E-state index is -0.262. The van der Waals surface area contributed by atoms with E-state index in [2.05, 4.69) is 32.8 Å². The van der Waals surface area contributed by atoms with Gasteiger partial charge in [0.2, 0.25) is 0 Å². The van der Waals surface area contributed by atoms with Gasteiger partial charge in [-0.15, -0.1) is 0 Å². The molecule has 0 saturated carbocycles. The van der Waals surface area contributed by atoms with Crippen LogP contribution in [0.1, 0.15) is 21.7 Å². The fourth-order valence-corrected chi connectivity index (χ4v) is 3.85. The smallest absolute Gasteiger partial charge is 0.271 e. The fraction of sp³-hybridized carbons (Fsp3) is 0.211. The lowest BCUT2D eigenvalue weighted by molar-refractivity contribution is 0.0928. The molecule has 1 N–H and O–H groups in total. The van der Waals surface area contributed by atoms with E-state index in [9.17, 15) is 4.79 Å². The number of hydrogen-bond acceptors (Lipinski definition) is 5. The lowest BCUT2D eigenvalue weighted by Crippen LogP contribution is -2.34. The number of hydrogen-bond donors (Lipinski definition) is 1. The van der Waals surface area contributed by atoms with Gasteiger partial charge < -0.3 is 10.1 Å². The van der Waals surface area contributed by atoms with Gasteiger partial charge in [-0.2, -0.15) is 11.3 Å². The van der Waals surface area contributed by atoms with E-state index >= 15 is 0 Å². The first-order valence-electron chi connectivity index (χ1n) is 8.18. The van der Waals surface area contributed by atoms with Crippen LogP contribution in [0.4, 0.5) is 0 Å². The van der Waals surface area contributed by atoms with Crippen LogP contribution in [-0.4, -0.2) is 28.5 Å². The van der Waals surface area contributed by atoms with Crippen molar-refractivity contribution >= 4 is 28.8 Å². The van der Waals surface area contributed by atoms with Crippen LogP contribution < -0.4 is 10.1 Å². The normalized spacial score (nSPS) is 15.4. The second kappa shape index (κ2) is 7.05. The molecule has 3 heterocycles. The zero-order valence-corrected chi connectivity index (χ0v) is 15.6. The molecule has 0 aliphatic carbocycles. The summed E-state index contributed by atoms with van der Waals surface area (Å²) in [5.74, 6) is 0.446. The van der Waals surface area contributed by atoms with Gasteiger partial charge in [0.05, 0.1) is 23.5 Å². The summed E-state index contributed by atoms with van der Waals surface area (Å²) in [6.07, 6.45) is 3.59. The number of benzene rings is 1. The summed E-state index contributed by atoms with van der Waals surface area (Å²) >= 11 is 8.05. The third-order valence-electron chi connectivity index (χ3n) is 4.21. The monoisotopic (exact) mass is 385 g/mol. The summed E-state index contributed by atoms with van der Waals surface area (Å²) < 4.78 is 5.94. The fourth-order valence-electron chi connectivity index (χ4n) is 2.90. The molecule has 0 fully saturated rings. The number of ether oxygens (including phenoxy) is 1. The number of rotatable bonds is 4. The van der Waals surface area contributed by atoms with Crippen LogP contribution in [0.2, 0.25) is 5.02 Å². The van der Waals surface area contributed by atoms with Gasteiger partial charge in [0.25, 0.3) is 5.91 Å². The van der Waals surface area contributed by atoms with Gasteiger partial charge in [-0.25, -0.2) is 4.98 Å². The highest BCUT2D eigenvalue weighted by Crippen LogP contribution is 2.39. The number of fused-ring (bicyclic) bond motifs is 1. The molecule has 4 rings (SSSR count). The maximum absolute atomic E-state index is 12.2. The van der Waals surface area contributed by atoms with Crippen LogP contribution in [-0.2, 0) is 6.42 Å². The van der Waals surface area contributed by atoms with Crippen molar-refractivity contribution in [2.75, 3.05) is 6.54 Å². The van der Waals surface area contributed by atoms with Crippen LogP contribution in [0.25, 0.3) is 11.1 Å². The van der Waals surface area contributed by atoms with Gasteiger partial charge in [-0.3, -0.25) is 9.78 Å². The SMILES string of the molecule is Cc1cnc(C(=O)NCC2Cc3cc(-c4ccsc4)cc(Cl)c3O2)cn1. The molecule has 0 spiro atoms. The molecule has 1 unspecified atom stereocenters. The summed E-state index contributed by atoms with van der Waals surface area (Å²) in [5.41, 5.74) is 4.36. The van der Waals surface area contributed by atoms with Crippen molar-refractivity contribution in [1.82, 2.24) is 15.3 Å². The Morgan fingerprint density at radius 2 is 2.23 bits per heavy atom. The summed E-state index contributed by atoms with van der Waals surface area (Å²) in [6, 6.07) is 6.10. The number of carbonyl (C=O) groups excluding carboxylic acids is 1. The predicted molar refractivity (Wildman–Crippen MR) is 102 cm³/mol. The third-order valence-corrected chi connectivity index (χ3v) is 5.17. The summed E-state index contributed by atoms with van der Waals surface area (Å²) in [5, 5.41) is 7.58. The maximum atomic E-state index is 12.2. The molecule has 0 bridgehead atoms. The van der Waals surface area contributed by atoms with Crippen LogP contribution in [0.3, 0.4) is 0 Å². The Labute approximate surface area is 160 Å². The minimum Gasteiger partial charge on any atom is -0.486 e. The first-order valence-corrected chi connectivity index (χ1v) is 9.51. The van der Waals surface area contributed by atoms with Crippen LogP contribution in [0, 0.1) is 6.92 Å². The average Bonchev–Trinajstić information content (AvgIpc) is 3.30. The van der Waals surface area contributed by atoms with E-state index in [0.29, 0.717) is 29.4 Å². The topological polar surface area (TPSA) is 64.1 Å². The van der Waals surface area contributed by atoms with Crippen LogP contribution >= 0.6 is 22.9 Å². The van der Waals surface area contributed by atoms with E-state index in [1.54, 1.807) is 17.5 Å². The lowest BCUT2D eigenvalue weighted by Gasteiger charge is -2.12. The Morgan fingerprint density at radius 3 is 2.96 bits per heavy atom. The van der Waals surface area contributed by atoms with E-state index in [-0.39, 0.29) is 12.0 Å². The number of carbonyl (C=O) groups is 1. The summed E-state index contributed by atoms with van der Waals surface area (Å²) in [4.78, 5) is 20.3. The third kappa shape index (κ3) is 3.43. The molecule has 2 aromatic heterocycles. The summed E-state index contributed by atoms with van der Waals surface area (Å²) in [7, 11) is 0. The predicted octanol–water partition coefficient (Wildman–Crippen LogP) is 3.90. The Hall–Kier alpha value is -2.44. The number of aromatic nitrogens is 2. The molecule has 26 heavy (non-hydrogen) atoms. The van der Waals surface area contributed by atoms with Crippen molar-refractivity contribution in [2.24, 2.45) is 0 Å². The largest absolute Gasteiger partial charge is 0.486 e. The van der Waals surface area contributed by atoms with Gasteiger partial charge >= 0.3 is 0 Å². The standard InChI is InChI=1S/C19H16ClN3O2S/c1-11-7-22-17(9-21-11)19(24)23-8-15-5-14-4-13(12-2-3-26-10-12)6-16(20)18(14)25-15/h2-4,6-7,9-10,15H,5,8H2,1H3,(H,23,24). The second-order valence-corrected chi connectivity index (χ2v) is 7.34. The Morgan fingerprint density at radius 1 is 1.35 bits per heavy atom. The highest BCUT2D eigenvalue weighted by Gasteiger charge is 2.26. The average molecular weight is 386 g/mol.